The number of anilines is 1. The zero-order valence-electron chi connectivity index (χ0n) is 19.4. The molecule has 6 nitrogen and oxygen atoms in total. The molecule has 4 aromatic rings. The molecule has 1 amide bonds. The highest BCUT2D eigenvalue weighted by Crippen LogP contribution is 2.25. The van der Waals surface area contributed by atoms with E-state index in [0.29, 0.717) is 34.4 Å². The molecule has 5 rings (SSSR count). The number of nitrogens with one attached hydrogen (secondary N) is 1. The second-order valence-corrected chi connectivity index (χ2v) is 9.49. The average Bonchev–Trinajstić information content (AvgIpc) is 3.48. The number of halogens is 2. The summed E-state index contributed by atoms with van der Waals surface area (Å²) in [5, 5.41) is 4.29. The van der Waals surface area contributed by atoms with Crippen LogP contribution in [0.2, 0.25) is 10.0 Å². The van der Waals surface area contributed by atoms with Gasteiger partial charge in [-0.3, -0.25) is 9.20 Å². The number of nitrogens with zero attached hydrogens (tertiary/aromatic N) is 3. The summed E-state index contributed by atoms with van der Waals surface area (Å²) in [5.41, 5.74) is 4.17. The summed E-state index contributed by atoms with van der Waals surface area (Å²) in [7, 11) is 0. The summed E-state index contributed by atoms with van der Waals surface area (Å²) < 4.78 is 7.86. The van der Waals surface area contributed by atoms with Crippen LogP contribution in [0.25, 0.3) is 5.65 Å². The number of benzene rings is 2. The van der Waals surface area contributed by atoms with Crippen molar-refractivity contribution in [2.24, 2.45) is 0 Å². The van der Waals surface area contributed by atoms with Crippen molar-refractivity contribution in [3.05, 3.63) is 93.9 Å². The average molecular weight is 509 g/mol. The van der Waals surface area contributed by atoms with Crippen LogP contribution in [0.15, 0.2) is 66.9 Å². The molecule has 2 aromatic carbocycles. The molecular formula is C27H26Cl2N4O2. The van der Waals surface area contributed by atoms with Crippen LogP contribution < -0.4 is 15.0 Å². The summed E-state index contributed by atoms with van der Waals surface area (Å²) in [6.45, 7) is 4.18. The van der Waals surface area contributed by atoms with Crippen LogP contribution >= 0.6 is 23.2 Å². The Hall–Kier alpha value is -3.22. The molecule has 0 bridgehead atoms. The minimum Gasteiger partial charge on any atom is -0.489 e. The summed E-state index contributed by atoms with van der Waals surface area (Å²) >= 11 is 12.1. The highest BCUT2D eigenvalue weighted by atomic mass is 35.5. The molecule has 180 valence electrons. The third-order valence-corrected chi connectivity index (χ3v) is 6.70. The smallest absolute Gasteiger partial charge is 0.270 e. The number of carbonyl (C=O) groups excluding carboxylic acids is 1. The van der Waals surface area contributed by atoms with E-state index in [4.69, 9.17) is 27.9 Å². The fraction of sp³-hybridized carbons (Fsp3) is 0.259. The van der Waals surface area contributed by atoms with Gasteiger partial charge >= 0.3 is 0 Å². The lowest BCUT2D eigenvalue weighted by Crippen LogP contribution is -2.26. The summed E-state index contributed by atoms with van der Waals surface area (Å²) in [4.78, 5) is 19.9. The number of aromatic nitrogens is 2. The van der Waals surface area contributed by atoms with E-state index in [0.717, 1.165) is 42.2 Å². The van der Waals surface area contributed by atoms with Gasteiger partial charge in [0.05, 0.1) is 17.3 Å². The fourth-order valence-corrected chi connectivity index (χ4v) is 4.70. The van der Waals surface area contributed by atoms with E-state index in [-0.39, 0.29) is 12.0 Å². The number of amides is 1. The molecule has 3 heterocycles. The van der Waals surface area contributed by atoms with Crippen molar-refractivity contribution < 1.29 is 9.53 Å². The topological polar surface area (TPSA) is 58.9 Å². The van der Waals surface area contributed by atoms with Gasteiger partial charge in [-0.05, 0) is 60.5 Å². The lowest BCUT2D eigenvalue weighted by atomic mass is 10.2. The van der Waals surface area contributed by atoms with E-state index in [9.17, 15) is 4.79 Å². The van der Waals surface area contributed by atoms with Gasteiger partial charge in [0.1, 0.15) is 23.2 Å². The van der Waals surface area contributed by atoms with Crippen molar-refractivity contribution in [1.82, 2.24) is 14.7 Å². The first-order valence-electron chi connectivity index (χ1n) is 11.7. The molecule has 1 aliphatic rings. The number of ether oxygens (including phenoxy) is 1. The van der Waals surface area contributed by atoms with Crippen LogP contribution in [0.5, 0.6) is 5.75 Å². The van der Waals surface area contributed by atoms with Gasteiger partial charge in [0.15, 0.2) is 0 Å². The van der Waals surface area contributed by atoms with Crippen LogP contribution in [0.4, 0.5) is 5.69 Å². The zero-order valence-corrected chi connectivity index (χ0v) is 20.9. The number of carbonyl (C=O) groups is 1. The highest BCUT2D eigenvalue weighted by Gasteiger charge is 2.24. The molecule has 0 unspecified atom stereocenters. The first-order chi connectivity index (χ1) is 17.0. The quantitative estimate of drug-likeness (QED) is 0.343. The molecule has 0 spiro atoms. The number of aryl methyl sites for hydroxylation is 1. The second-order valence-electron chi connectivity index (χ2n) is 8.61. The van der Waals surface area contributed by atoms with E-state index in [1.165, 1.54) is 0 Å². The van der Waals surface area contributed by atoms with Crippen LogP contribution in [0.1, 0.15) is 35.1 Å². The third-order valence-electron chi connectivity index (χ3n) is 6.22. The molecule has 1 aliphatic heterocycles. The number of hydrogen-bond donors (Lipinski definition) is 1. The molecule has 2 aromatic heterocycles. The Morgan fingerprint density at radius 3 is 2.54 bits per heavy atom. The Bertz CT molecular complexity index is 1340. The van der Waals surface area contributed by atoms with Gasteiger partial charge in [-0.2, -0.15) is 0 Å². The number of fused-ring (bicyclic) bond motifs is 1. The Balaban J connectivity index is 1.19. The van der Waals surface area contributed by atoms with Gasteiger partial charge in [-0.25, -0.2) is 4.98 Å². The normalized spacial score (nSPS) is 15.5. The van der Waals surface area contributed by atoms with E-state index in [2.05, 4.69) is 39.5 Å². The van der Waals surface area contributed by atoms with Gasteiger partial charge in [0, 0.05) is 36.4 Å². The van der Waals surface area contributed by atoms with Crippen molar-refractivity contribution in [1.29, 1.82) is 0 Å². The maximum absolute atomic E-state index is 13.0. The first-order valence-corrected chi connectivity index (χ1v) is 12.5. The van der Waals surface area contributed by atoms with Crippen LogP contribution in [-0.4, -0.2) is 34.5 Å². The highest BCUT2D eigenvalue weighted by molar-refractivity contribution is 6.30. The van der Waals surface area contributed by atoms with Crippen molar-refractivity contribution in [2.75, 3.05) is 18.0 Å². The SMILES string of the molecule is CCc1nc2ccc(Cl)cn2c1C(=O)NCc1ccc(N2CC[C@H](Oc3ccc(Cl)cc3)C2)cc1. The number of imidazole rings is 1. The second kappa shape index (κ2) is 10.2. The molecule has 1 N–H and O–H groups in total. The van der Waals surface area contributed by atoms with Gasteiger partial charge in [0.2, 0.25) is 0 Å². The van der Waals surface area contributed by atoms with Crippen molar-refractivity contribution in [2.45, 2.75) is 32.4 Å². The van der Waals surface area contributed by atoms with Crippen molar-refractivity contribution in [3.63, 3.8) is 0 Å². The van der Waals surface area contributed by atoms with E-state index < -0.39 is 0 Å². The van der Waals surface area contributed by atoms with Gasteiger partial charge in [0.25, 0.3) is 5.91 Å². The number of hydrogen-bond acceptors (Lipinski definition) is 4. The van der Waals surface area contributed by atoms with Crippen molar-refractivity contribution in [3.8, 4) is 5.75 Å². The minimum absolute atomic E-state index is 0.141. The Morgan fingerprint density at radius 2 is 1.80 bits per heavy atom. The predicted octanol–water partition coefficient (Wildman–Crippen LogP) is 5.79. The monoisotopic (exact) mass is 508 g/mol. The summed E-state index contributed by atoms with van der Waals surface area (Å²) in [6.07, 6.45) is 3.49. The Labute approximate surface area is 214 Å². The molecule has 1 saturated heterocycles. The molecular weight excluding hydrogens is 483 g/mol. The third kappa shape index (κ3) is 5.24. The van der Waals surface area contributed by atoms with Gasteiger partial charge in [-0.15, -0.1) is 0 Å². The zero-order chi connectivity index (χ0) is 24.4. The van der Waals surface area contributed by atoms with Crippen LogP contribution in [0.3, 0.4) is 0 Å². The van der Waals surface area contributed by atoms with Gasteiger partial charge < -0.3 is 15.0 Å². The lowest BCUT2D eigenvalue weighted by Gasteiger charge is -2.19. The predicted molar refractivity (Wildman–Crippen MR) is 140 cm³/mol. The fourth-order valence-electron chi connectivity index (χ4n) is 4.41. The maximum atomic E-state index is 13.0. The van der Waals surface area contributed by atoms with E-state index in [1.807, 2.05) is 37.3 Å². The van der Waals surface area contributed by atoms with Crippen molar-refractivity contribution >= 4 is 40.4 Å². The number of pyridine rings is 1. The molecule has 35 heavy (non-hydrogen) atoms. The number of rotatable bonds is 7. The Kier molecular flexibility index (Phi) is 6.84. The molecule has 1 atom stereocenters. The van der Waals surface area contributed by atoms with E-state index in [1.54, 1.807) is 16.7 Å². The molecule has 0 saturated carbocycles. The standard InChI is InChI=1S/C27H26Cl2N4O2/c1-2-24-26(33-16-20(29)7-12-25(33)31-24)27(34)30-15-18-3-8-21(9-4-18)32-14-13-23(17-32)35-22-10-5-19(28)6-11-22/h3-12,16,23H,2,13-15,17H2,1H3,(H,30,34)/t23-/m0/s1. The van der Waals surface area contributed by atoms with Gasteiger partial charge in [-0.1, -0.05) is 42.3 Å². The first kappa shape index (κ1) is 23.5. The molecule has 0 radical (unpaired) electrons. The van der Waals surface area contributed by atoms with Crippen LogP contribution in [-0.2, 0) is 13.0 Å². The largest absolute Gasteiger partial charge is 0.489 e. The van der Waals surface area contributed by atoms with E-state index >= 15 is 0 Å². The molecule has 0 aliphatic carbocycles. The minimum atomic E-state index is -0.164. The van der Waals surface area contributed by atoms with Crippen LogP contribution in [0, 0.1) is 0 Å². The summed E-state index contributed by atoms with van der Waals surface area (Å²) in [6, 6.07) is 19.4. The molecule has 8 heteroatoms. The lowest BCUT2D eigenvalue weighted by molar-refractivity contribution is 0.0944. The molecule has 1 fully saturated rings. The Morgan fingerprint density at radius 1 is 1.06 bits per heavy atom. The summed E-state index contributed by atoms with van der Waals surface area (Å²) in [5.74, 6) is 0.675. The maximum Gasteiger partial charge on any atom is 0.270 e.